The van der Waals surface area contributed by atoms with Crippen LogP contribution in [-0.2, 0) is 0 Å². The highest BCUT2D eigenvalue weighted by molar-refractivity contribution is 6.30. The summed E-state index contributed by atoms with van der Waals surface area (Å²) in [5.41, 5.74) is 0.889. The highest BCUT2D eigenvalue weighted by Crippen LogP contribution is 2.31. The first kappa shape index (κ1) is 16.1. The summed E-state index contributed by atoms with van der Waals surface area (Å²) in [6.07, 6.45) is 2.40. The summed E-state index contributed by atoms with van der Waals surface area (Å²) >= 11 is 5.91. The number of rotatable bonds is 5. The number of aryl methyl sites for hydroxylation is 1. The number of hydrogen-bond acceptors (Lipinski definition) is 4. The van der Waals surface area contributed by atoms with E-state index < -0.39 is 0 Å². The van der Waals surface area contributed by atoms with E-state index in [-0.39, 0.29) is 0 Å². The number of halogens is 1. The lowest BCUT2D eigenvalue weighted by Crippen LogP contribution is -2.33. The predicted molar refractivity (Wildman–Crippen MR) is 91.6 cm³/mol. The van der Waals surface area contributed by atoms with Crippen LogP contribution >= 0.6 is 11.6 Å². The Kier molecular flexibility index (Phi) is 5.36. The van der Waals surface area contributed by atoms with Gasteiger partial charge in [0.1, 0.15) is 5.75 Å². The Labute approximate surface area is 141 Å². The molecule has 0 saturated carbocycles. The van der Waals surface area contributed by atoms with Gasteiger partial charge in [-0.1, -0.05) is 11.6 Å². The van der Waals surface area contributed by atoms with E-state index in [2.05, 4.69) is 10.3 Å². The molecular weight excluding hydrogens is 312 g/mol. The molecule has 1 aliphatic rings. The number of hydrogen-bond donors (Lipinski definition) is 1. The van der Waals surface area contributed by atoms with Crippen molar-refractivity contribution in [3.63, 3.8) is 0 Å². The summed E-state index contributed by atoms with van der Waals surface area (Å²) in [6, 6.07) is 11.1. The first-order valence-electron chi connectivity index (χ1n) is 7.95. The molecule has 0 radical (unpaired) electrons. The molecule has 122 valence electrons. The third kappa shape index (κ3) is 4.60. The van der Waals surface area contributed by atoms with Crippen LogP contribution in [0.15, 0.2) is 36.4 Å². The van der Waals surface area contributed by atoms with Gasteiger partial charge in [-0.2, -0.15) is 0 Å². The van der Waals surface area contributed by atoms with Crippen LogP contribution in [0.1, 0.15) is 18.5 Å². The van der Waals surface area contributed by atoms with E-state index in [1.54, 1.807) is 12.1 Å². The number of nitrogens with zero attached hydrogens (tertiary/aromatic N) is 1. The van der Waals surface area contributed by atoms with E-state index in [1.807, 2.05) is 31.2 Å². The van der Waals surface area contributed by atoms with E-state index in [0.29, 0.717) is 34.9 Å². The van der Waals surface area contributed by atoms with Crippen LogP contribution in [0, 0.1) is 12.8 Å². The highest BCUT2D eigenvalue weighted by atomic mass is 35.5. The Balaban J connectivity index is 1.70. The summed E-state index contributed by atoms with van der Waals surface area (Å²) in [7, 11) is 0. The molecule has 2 heterocycles. The maximum atomic E-state index is 5.97. The quantitative estimate of drug-likeness (QED) is 0.890. The van der Waals surface area contributed by atoms with Crippen molar-refractivity contribution >= 4 is 11.6 Å². The zero-order chi connectivity index (χ0) is 16.1. The molecule has 1 saturated heterocycles. The minimum Gasteiger partial charge on any atom is -0.488 e. The molecule has 0 spiro atoms. The van der Waals surface area contributed by atoms with Gasteiger partial charge >= 0.3 is 0 Å². The summed E-state index contributed by atoms with van der Waals surface area (Å²) in [6.45, 7) is 4.72. The van der Waals surface area contributed by atoms with Crippen molar-refractivity contribution in [1.82, 2.24) is 10.3 Å². The SMILES string of the molecule is Cc1ccc(OCC2CCCNC2)c(Oc2ccc(Cl)cc2)n1. The highest BCUT2D eigenvalue weighted by Gasteiger charge is 2.16. The van der Waals surface area contributed by atoms with Crippen LogP contribution in [0.4, 0.5) is 0 Å². The topological polar surface area (TPSA) is 43.4 Å². The smallest absolute Gasteiger partial charge is 0.262 e. The first-order chi connectivity index (χ1) is 11.2. The molecule has 1 unspecified atom stereocenters. The molecule has 1 aromatic carbocycles. The zero-order valence-electron chi connectivity index (χ0n) is 13.2. The Morgan fingerprint density at radius 2 is 2.04 bits per heavy atom. The van der Waals surface area contributed by atoms with E-state index >= 15 is 0 Å². The second-order valence-corrected chi connectivity index (χ2v) is 6.27. The largest absolute Gasteiger partial charge is 0.488 e. The van der Waals surface area contributed by atoms with Gasteiger partial charge in [0.15, 0.2) is 5.75 Å². The second kappa shape index (κ2) is 7.66. The maximum absolute atomic E-state index is 5.97. The number of piperidine rings is 1. The number of ether oxygens (including phenoxy) is 2. The van der Waals surface area contributed by atoms with Crippen LogP contribution in [-0.4, -0.2) is 24.7 Å². The van der Waals surface area contributed by atoms with Crippen LogP contribution < -0.4 is 14.8 Å². The van der Waals surface area contributed by atoms with Crippen LogP contribution in [0.25, 0.3) is 0 Å². The van der Waals surface area contributed by atoms with E-state index in [1.165, 1.54) is 12.8 Å². The van der Waals surface area contributed by atoms with Crippen molar-refractivity contribution in [2.24, 2.45) is 5.92 Å². The fourth-order valence-electron chi connectivity index (χ4n) is 2.59. The molecule has 23 heavy (non-hydrogen) atoms. The lowest BCUT2D eigenvalue weighted by molar-refractivity contribution is 0.211. The van der Waals surface area contributed by atoms with Gasteiger partial charge in [-0.25, -0.2) is 4.98 Å². The number of nitrogens with one attached hydrogen (secondary N) is 1. The van der Waals surface area contributed by atoms with E-state index in [9.17, 15) is 0 Å². The molecule has 0 amide bonds. The summed E-state index contributed by atoms with van der Waals surface area (Å²) in [5, 5.41) is 4.08. The van der Waals surface area contributed by atoms with Crippen molar-refractivity contribution in [3.05, 3.63) is 47.1 Å². The van der Waals surface area contributed by atoms with Crippen LogP contribution in [0.2, 0.25) is 5.02 Å². The van der Waals surface area contributed by atoms with Crippen LogP contribution in [0.3, 0.4) is 0 Å². The molecule has 1 N–H and O–H groups in total. The molecule has 1 atom stereocenters. The van der Waals surface area contributed by atoms with Crippen molar-refractivity contribution < 1.29 is 9.47 Å². The van der Waals surface area contributed by atoms with E-state index in [0.717, 1.165) is 18.8 Å². The third-order valence-electron chi connectivity index (χ3n) is 3.87. The van der Waals surface area contributed by atoms with Crippen molar-refractivity contribution in [2.45, 2.75) is 19.8 Å². The number of benzene rings is 1. The number of pyridine rings is 1. The minimum atomic E-state index is 0.496. The average Bonchev–Trinajstić information content (AvgIpc) is 2.57. The molecule has 1 fully saturated rings. The van der Waals surface area contributed by atoms with Gasteiger partial charge in [0.2, 0.25) is 0 Å². The first-order valence-corrected chi connectivity index (χ1v) is 8.33. The Hall–Kier alpha value is -1.78. The number of aromatic nitrogens is 1. The average molecular weight is 333 g/mol. The summed E-state index contributed by atoms with van der Waals surface area (Å²) in [5.74, 6) is 2.40. The maximum Gasteiger partial charge on any atom is 0.262 e. The molecule has 5 heteroatoms. The lowest BCUT2D eigenvalue weighted by atomic mass is 10.0. The molecule has 0 bridgehead atoms. The lowest BCUT2D eigenvalue weighted by Gasteiger charge is -2.23. The fraction of sp³-hybridized carbons (Fsp3) is 0.389. The van der Waals surface area contributed by atoms with Gasteiger partial charge in [0.25, 0.3) is 5.88 Å². The molecule has 1 aromatic heterocycles. The monoisotopic (exact) mass is 332 g/mol. The van der Waals surface area contributed by atoms with Gasteiger partial charge in [0.05, 0.1) is 6.61 Å². The summed E-state index contributed by atoms with van der Waals surface area (Å²) < 4.78 is 11.8. The van der Waals surface area contributed by atoms with Crippen LogP contribution in [0.5, 0.6) is 17.4 Å². The Morgan fingerprint density at radius 3 is 2.78 bits per heavy atom. The molecule has 4 nitrogen and oxygen atoms in total. The zero-order valence-corrected chi connectivity index (χ0v) is 14.0. The van der Waals surface area contributed by atoms with Crippen molar-refractivity contribution in [3.8, 4) is 17.4 Å². The van der Waals surface area contributed by atoms with Gasteiger partial charge < -0.3 is 14.8 Å². The van der Waals surface area contributed by atoms with E-state index in [4.69, 9.17) is 21.1 Å². The van der Waals surface area contributed by atoms with Crippen molar-refractivity contribution in [2.75, 3.05) is 19.7 Å². The van der Waals surface area contributed by atoms with Gasteiger partial charge in [-0.3, -0.25) is 0 Å². The molecule has 0 aliphatic carbocycles. The van der Waals surface area contributed by atoms with Gasteiger partial charge in [-0.15, -0.1) is 0 Å². The molecule has 1 aliphatic heterocycles. The Bertz CT molecular complexity index is 640. The standard InChI is InChI=1S/C18H21ClN2O2/c1-13-4-9-17(22-12-14-3-2-10-20-11-14)18(21-13)23-16-7-5-15(19)6-8-16/h4-9,14,20H,2-3,10-12H2,1H3. The minimum absolute atomic E-state index is 0.496. The van der Waals surface area contributed by atoms with Gasteiger partial charge in [-0.05, 0) is 62.7 Å². The summed E-state index contributed by atoms with van der Waals surface area (Å²) in [4.78, 5) is 4.46. The predicted octanol–water partition coefficient (Wildman–Crippen LogP) is 4.21. The van der Waals surface area contributed by atoms with Crippen molar-refractivity contribution in [1.29, 1.82) is 0 Å². The fourth-order valence-corrected chi connectivity index (χ4v) is 2.72. The normalized spacial score (nSPS) is 17.7. The third-order valence-corrected chi connectivity index (χ3v) is 4.12. The molecular formula is C18H21ClN2O2. The second-order valence-electron chi connectivity index (χ2n) is 5.84. The van der Waals surface area contributed by atoms with Gasteiger partial charge in [0, 0.05) is 23.2 Å². The molecule has 2 aromatic rings. The molecule has 3 rings (SSSR count). The Morgan fingerprint density at radius 1 is 1.22 bits per heavy atom.